The SMILES string of the molecule is Cc1cn(-c2ccnc3[nH]c(-c4n[nH]c5ccc(-c6cn[nH]c6)cc45)cc23)cn1. The maximum atomic E-state index is 4.56. The number of aryl methyl sites for hydroxylation is 1. The Bertz CT molecular complexity index is 1470. The molecule has 5 aromatic heterocycles. The van der Waals surface area contributed by atoms with Crippen LogP contribution in [0, 0.1) is 6.92 Å². The molecule has 8 heteroatoms. The topological polar surface area (TPSA) is 104 Å². The number of aromatic amines is 3. The third-order valence-electron chi connectivity index (χ3n) is 5.15. The van der Waals surface area contributed by atoms with Crippen molar-refractivity contribution in [2.24, 2.45) is 0 Å². The highest BCUT2D eigenvalue weighted by atomic mass is 15.1. The molecular weight excluding hydrogens is 364 g/mol. The van der Waals surface area contributed by atoms with Crippen molar-refractivity contribution in [1.82, 2.24) is 39.9 Å². The Kier molecular flexibility index (Phi) is 3.22. The fourth-order valence-electron chi connectivity index (χ4n) is 3.73. The van der Waals surface area contributed by atoms with Crippen LogP contribution in [0.3, 0.4) is 0 Å². The van der Waals surface area contributed by atoms with Gasteiger partial charge in [-0.2, -0.15) is 10.2 Å². The highest BCUT2D eigenvalue weighted by molar-refractivity contribution is 5.98. The van der Waals surface area contributed by atoms with E-state index in [4.69, 9.17) is 0 Å². The van der Waals surface area contributed by atoms with Gasteiger partial charge in [-0.15, -0.1) is 0 Å². The minimum absolute atomic E-state index is 0.811. The number of imidazole rings is 1. The molecule has 0 saturated heterocycles. The Morgan fingerprint density at radius 2 is 1.97 bits per heavy atom. The van der Waals surface area contributed by atoms with Gasteiger partial charge in [-0.1, -0.05) is 6.07 Å². The van der Waals surface area contributed by atoms with E-state index in [0.717, 1.165) is 55.8 Å². The Hall–Kier alpha value is -4.20. The molecule has 0 aliphatic rings. The van der Waals surface area contributed by atoms with Gasteiger partial charge in [0.1, 0.15) is 11.3 Å². The monoisotopic (exact) mass is 380 g/mol. The molecule has 5 heterocycles. The van der Waals surface area contributed by atoms with E-state index in [0.29, 0.717) is 0 Å². The first kappa shape index (κ1) is 15.8. The van der Waals surface area contributed by atoms with Crippen molar-refractivity contribution >= 4 is 21.9 Å². The number of rotatable bonds is 3. The lowest BCUT2D eigenvalue weighted by molar-refractivity contribution is 1.06. The molecule has 0 amide bonds. The third-order valence-corrected chi connectivity index (χ3v) is 5.15. The Morgan fingerprint density at radius 1 is 1.00 bits per heavy atom. The largest absolute Gasteiger partial charge is 0.338 e. The molecule has 0 radical (unpaired) electrons. The predicted octanol–water partition coefficient (Wildman–Crippen LogP) is 3.99. The summed E-state index contributed by atoms with van der Waals surface area (Å²) in [5.74, 6) is 0. The smallest absolute Gasteiger partial charge is 0.139 e. The standard InChI is InChI=1S/C21H16N8/c1-12-10-29(11-23-12)19-4-5-22-21-16(19)7-18(26-21)20-15-6-13(14-8-24-25-9-14)2-3-17(15)27-28-20/h2-11H,1H3,(H,22,26)(H,24,25)(H,27,28). The lowest BCUT2D eigenvalue weighted by atomic mass is 10.1. The van der Waals surface area contributed by atoms with E-state index in [9.17, 15) is 0 Å². The summed E-state index contributed by atoms with van der Waals surface area (Å²) >= 11 is 0. The molecule has 6 aromatic rings. The highest BCUT2D eigenvalue weighted by Gasteiger charge is 2.15. The molecule has 0 atom stereocenters. The van der Waals surface area contributed by atoms with Gasteiger partial charge < -0.3 is 9.55 Å². The number of benzene rings is 1. The first-order chi connectivity index (χ1) is 14.3. The molecule has 0 spiro atoms. The first-order valence-corrected chi connectivity index (χ1v) is 9.22. The third kappa shape index (κ3) is 2.46. The van der Waals surface area contributed by atoms with Crippen molar-refractivity contribution in [1.29, 1.82) is 0 Å². The lowest BCUT2D eigenvalue weighted by Gasteiger charge is -2.02. The summed E-state index contributed by atoms with van der Waals surface area (Å²) in [6.07, 6.45) is 9.31. The predicted molar refractivity (Wildman–Crippen MR) is 111 cm³/mol. The molecule has 8 nitrogen and oxygen atoms in total. The Balaban J connectivity index is 1.53. The molecule has 6 rings (SSSR count). The number of pyridine rings is 1. The normalized spacial score (nSPS) is 11.6. The van der Waals surface area contributed by atoms with Crippen LogP contribution < -0.4 is 0 Å². The summed E-state index contributed by atoms with van der Waals surface area (Å²) in [5, 5.41) is 16.6. The Morgan fingerprint density at radius 3 is 2.79 bits per heavy atom. The van der Waals surface area contributed by atoms with Crippen molar-refractivity contribution in [2.45, 2.75) is 6.92 Å². The van der Waals surface area contributed by atoms with Crippen LogP contribution in [0.1, 0.15) is 5.69 Å². The second-order valence-corrected chi connectivity index (χ2v) is 7.02. The molecule has 3 N–H and O–H groups in total. The second-order valence-electron chi connectivity index (χ2n) is 7.02. The summed E-state index contributed by atoms with van der Waals surface area (Å²) in [5.41, 5.74) is 7.67. The van der Waals surface area contributed by atoms with Crippen LogP contribution in [0.5, 0.6) is 0 Å². The van der Waals surface area contributed by atoms with Gasteiger partial charge in [0.15, 0.2) is 0 Å². The summed E-state index contributed by atoms with van der Waals surface area (Å²) in [7, 11) is 0. The van der Waals surface area contributed by atoms with Gasteiger partial charge in [0, 0.05) is 34.9 Å². The fourth-order valence-corrected chi connectivity index (χ4v) is 3.73. The minimum atomic E-state index is 0.811. The molecule has 0 saturated carbocycles. The number of hydrogen-bond acceptors (Lipinski definition) is 4. The summed E-state index contributed by atoms with van der Waals surface area (Å²) in [6.45, 7) is 1.98. The molecule has 0 aliphatic heterocycles. The maximum Gasteiger partial charge on any atom is 0.139 e. The number of aromatic nitrogens is 8. The maximum absolute atomic E-state index is 4.56. The average molecular weight is 380 g/mol. The number of hydrogen-bond donors (Lipinski definition) is 3. The first-order valence-electron chi connectivity index (χ1n) is 9.22. The summed E-state index contributed by atoms with van der Waals surface area (Å²) in [4.78, 5) is 12.3. The number of H-pyrrole nitrogens is 3. The van der Waals surface area contributed by atoms with Gasteiger partial charge in [0.2, 0.25) is 0 Å². The molecule has 29 heavy (non-hydrogen) atoms. The van der Waals surface area contributed by atoms with Crippen LogP contribution in [0.2, 0.25) is 0 Å². The zero-order valence-electron chi connectivity index (χ0n) is 15.5. The quantitative estimate of drug-likeness (QED) is 0.432. The number of nitrogens with zero attached hydrogens (tertiary/aromatic N) is 5. The van der Waals surface area contributed by atoms with Gasteiger partial charge >= 0.3 is 0 Å². The molecule has 0 bridgehead atoms. The van der Waals surface area contributed by atoms with Crippen LogP contribution in [-0.2, 0) is 0 Å². The summed E-state index contributed by atoms with van der Waals surface area (Å²) < 4.78 is 2.01. The summed E-state index contributed by atoms with van der Waals surface area (Å²) in [6, 6.07) is 10.3. The van der Waals surface area contributed by atoms with Gasteiger partial charge in [0.05, 0.1) is 35.1 Å². The van der Waals surface area contributed by atoms with E-state index in [1.54, 1.807) is 6.20 Å². The highest BCUT2D eigenvalue weighted by Crippen LogP contribution is 2.32. The zero-order chi connectivity index (χ0) is 19.4. The molecule has 1 aromatic carbocycles. The van der Waals surface area contributed by atoms with Gasteiger partial charge in [-0.25, -0.2) is 9.97 Å². The van der Waals surface area contributed by atoms with Crippen LogP contribution in [0.25, 0.3) is 50.1 Å². The fraction of sp³-hybridized carbons (Fsp3) is 0.0476. The zero-order valence-corrected chi connectivity index (χ0v) is 15.5. The van der Waals surface area contributed by atoms with Crippen molar-refractivity contribution in [3.8, 4) is 28.2 Å². The van der Waals surface area contributed by atoms with E-state index >= 15 is 0 Å². The minimum Gasteiger partial charge on any atom is -0.338 e. The van der Waals surface area contributed by atoms with Gasteiger partial charge in [-0.3, -0.25) is 10.2 Å². The van der Waals surface area contributed by atoms with Crippen molar-refractivity contribution in [3.63, 3.8) is 0 Å². The number of nitrogens with one attached hydrogen (secondary N) is 3. The van der Waals surface area contributed by atoms with Gasteiger partial charge in [0.25, 0.3) is 0 Å². The van der Waals surface area contributed by atoms with E-state index in [1.807, 2.05) is 48.5 Å². The van der Waals surface area contributed by atoms with E-state index in [1.165, 1.54) is 0 Å². The molecule has 0 aliphatic carbocycles. The van der Waals surface area contributed by atoms with Crippen molar-refractivity contribution < 1.29 is 0 Å². The molecule has 0 fully saturated rings. The van der Waals surface area contributed by atoms with Crippen LogP contribution in [0.4, 0.5) is 0 Å². The number of fused-ring (bicyclic) bond motifs is 2. The van der Waals surface area contributed by atoms with E-state index in [-0.39, 0.29) is 0 Å². The molecule has 140 valence electrons. The van der Waals surface area contributed by atoms with Crippen molar-refractivity contribution in [2.75, 3.05) is 0 Å². The molecular formula is C21H16N8. The van der Waals surface area contributed by atoms with Crippen LogP contribution in [0.15, 0.2) is 61.4 Å². The molecule has 0 unspecified atom stereocenters. The van der Waals surface area contributed by atoms with Crippen LogP contribution in [-0.4, -0.2) is 39.9 Å². The Labute approximate surface area is 164 Å². The van der Waals surface area contributed by atoms with Crippen molar-refractivity contribution in [3.05, 3.63) is 67.1 Å². The van der Waals surface area contributed by atoms with E-state index in [2.05, 4.69) is 53.5 Å². The second kappa shape index (κ2) is 5.90. The van der Waals surface area contributed by atoms with Crippen LogP contribution >= 0.6 is 0 Å². The average Bonchev–Trinajstić information content (AvgIpc) is 3.51. The lowest BCUT2D eigenvalue weighted by Crippen LogP contribution is -1.91. The van der Waals surface area contributed by atoms with E-state index < -0.39 is 0 Å². The van der Waals surface area contributed by atoms with Gasteiger partial charge in [-0.05, 0) is 36.8 Å².